The maximum absolute atomic E-state index is 12.0. The highest BCUT2D eigenvalue weighted by Gasteiger charge is 2.29. The summed E-state index contributed by atoms with van der Waals surface area (Å²) in [6.07, 6.45) is 4.14. The minimum Gasteiger partial charge on any atom is -0.465 e. The number of ether oxygens (including phenoxy) is 1. The topological polar surface area (TPSA) is 66.5 Å². The van der Waals surface area contributed by atoms with E-state index in [9.17, 15) is 4.79 Å². The van der Waals surface area contributed by atoms with Crippen LogP contribution in [0.3, 0.4) is 0 Å². The molecule has 2 aromatic rings. The predicted octanol–water partition coefficient (Wildman–Crippen LogP) is 3.02. The molecule has 1 aromatic carbocycles. The third kappa shape index (κ3) is 2.92. The molecule has 0 aliphatic carbocycles. The van der Waals surface area contributed by atoms with Gasteiger partial charge >= 0.3 is 5.97 Å². The van der Waals surface area contributed by atoms with Crippen LogP contribution in [-0.2, 0) is 4.74 Å². The highest BCUT2D eigenvalue weighted by atomic mass is 16.5. The van der Waals surface area contributed by atoms with Crippen LogP contribution in [0.1, 0.15) is 41.0 Å². The van der Waals surface area contributed by atoms with Crippen molar-refractivity contribution in [3.63, 3.8) is 0 Å². The van der Waals surface area contributed by atoms with Gasteiger partial charge in [-0.05, 0) is 25.0 Å². The lowest BCUT2D eigenvalue weighted by molar-refractivity contribution is 0.0601. The Balaban J connectivity index is 1.93. The van der Waals surface area contributed by atoms with Gasteiger partial charge in [-0.2, -0.15) is 0 Å². The van der Waals surface area contributed by atoms with Crippen molar-refractivity contribution in [3.05, 3.63) is 53.3 Å². The lowest BCUT2D eigenvalue weighted by Gasteiger charge is -2.22. The van der Waals surface area contributed by atoms with Gasteiger partial charge in [-0.1, -0.05) is 25.1 Å². The fourth-order valence-corrected chi connectivity index (χ4v) is 3.04. The number of hydrogen-bond donors (Lipinski definition) is 2. The van der Waals surface area contributed by atoms with Crippen molar-refractivity contribution in [2.75, 3.05) is 24.0 Å². The number of benzene rings is 1. The Morgan fingerprint density at radius 3 is 3.00 bits per heavy atom. The number of methoxy groups -OCH3 is 1. The van der Waals surface area contributed by atoms with Crippen LogP contribution in [0.2, 0.25) is 0 Å². The second kappa shape index (κ2) is 6.88. The summed E-state index contributed by atoms with van der Waals surface area (Å²) in [4.78, 5) is 16.1. The molecular formula is C18H22N4O2. The maximum atomic E-state index is 12.0. The number of hydrazine groups is 1. The van der Waals surface area contributed by atoms with Crippen molar-refractivity contribution in [1.29, 1.82) is 0 Å². The number of fused-ring (bicyclic) bond motifs is 1. The van der Waals surface area contributed by atoms with E-state index in [0.29, 0.717) is 11.3 Å². The zero-order chi connectivity index (χ0) is 17.1. The number of para-hydroxylation sites is 1. The first kappa shape index (κ1) is 16.3. The van der Waals surface area contributed by atoms with E-state index in [-0.39, 0.29) is 12.1 Å². The standard InChI is InChI=1S/C18H22N4O2/c1-4-10-22-16-12(2)6-5-7-14(16)17(21-22)20-15-11-19-9-8-13(15)18(23)24-3/h5-9,11,17,20-21H,4,10H2,1-3H3. The molecule has 6 heteroatoms. The quantitative estimate of drug-likeness (QED) is 0.823. The van der Waals surface area contributed by atoms with Crippen molar-refractivity contribution in [1.82, 2.24) is 10.4 Å². The number of pyridine rings is 1. The van der Waals surface area contributed by atoms with E-state index in [1.54, 1.807) is 18.5 Å². The highest BCUT2D eigenvalue weighted by Crippen LogP contribution is 2.36. The molecule has 0 radical (unpaired) electrons. The molecule has 0 spiro atoms. The van der Waals surface area contributed by atoms with Gasteiger partial charge in [0.05, 0.1) is 30.2 Å². The Kier molecular flexibility index (Phi) is 4.66. The Morgan fingerprint density at radius 2 is 2.25 bits per heavy atom. The van der Waals surface area contributed by atoms with Gasteiger partial charge < -0.3 is 15.1 Å². The van der Waals surface area contributed by atoms with Crippen molar-refractivity contribution in [3.8, 4) is 0 Å². The zero-order valence-corrected chi connectivity index (χ0v) is 14.2. The summed E-state index contributed by atoms with van der Waals surface area (Å²) in [7, 11) is 1.38. The van der Waals surface area contributed by atoms with E-state index in [4.69, 9.17) is 4.74 Å². The third-order valence-electron chi connectivity index (χ3n) is 4.11. The number of carbonyl (C=O) groups excluding carboxylic acids is 1. The highest BCUT2D eigenvalue weighted by molar-refractivity contribution is 5.95. The van der Waals surface area contributed by atoms with Crippen molar-refractivity contribution in [2.45, 2.75) is 26.4 Å². The molecule has 0 bridgehead atoms. The fourth-order valence-electron chi connectivity index (χ4n) is 3.04. The van der Waals surface area contributed by atoms with Crippen LogP contribution in [0.5, 0.6) is 0 Å². The number of carbonyl (C=O) groups is 1. The Labute approximate surface area is 141 Å². The van der Waals surface area contributed by atoms with Gasteiger partial charge in [-0.15, -0.1) is 0 Å². The third-order valence-corrected chi connectivity index (χ3v) is 4.11. The summed E-state index contributed by atoms with van der Waals surface area (Å²) in [5, 5.41) is 5.54. The molecule has 0 saturated heterocycles. The molecule has 1 aromatic heterocycles. The molecule has 1 aliphatic rings. The molecule has 1 atom stereocenters. The number of nitrogens with zero attached hydrogens (tertiary/aromatic N) is 2. The van der Waals surface area contributed by atoms with E-state index < -0.39 is 0 Å². The monoisotopic (exact) mass is 326 g/mol. The summed E-state index contributed by atoms with van der Waals surface area (Å²) >= 11 is 0. The molecule has 0 fully saturated rings. The Morgan fingerprint density at radius 1 is 1.42 bits per heavy atom. The van der Waals surface area contributed by atoms with E-state index in [2.05, 4.69) is 46.7 Å². The molecule has 1 aliphatic heterocycles. The van der Waals surface area contributed by atoms with Gasteiger partial charge in [0.15, 0.2) is 0 Å². The summed E-state index contributed by atoms with van der Waals surface area (Å²) in [6.45, 7) is 5.17. The summed E-state index contributed by atoms with van der Waals surface area (Å²) in [6, 6.07) is 7.90. The van der Waals surface area contributed by atoms with Gasteiger partial charge in [0, 0.05) is 18.3 Å². The molecule has 0 amide bonds. The van der Waals surface area contributed by atoms with Crippen LogP contribution in [0.4, 0.5) is 11.4 Å². The van der Waals surface area contributed by atoms with Crippen molar-refractivity contribution < 1.29 is 9.53 Å². The first-order valence-corrected chi connectivity index (χ1v) is 8.07. The molecule has 24 heavy (non-hydrogen) atoms. The fraction of sp³-hybridized carbons (Fsp3) is 0.333. The number of aryl methyl sites for hydroxylation is 1. The van der Waals surface area contributed by atoms with Crippen LogP contribution < -0.4 is 15.8 Å². The first-order chi connectivity index (χ1) is 11.7. The van der Waals surface area contributed by atoms with Gasteiger partial charge in [-0.3, -0.25) is 4.98 Å². The molecule has 2 heterocycles. The normalized spacial score (nSPS) is 16.0. The first-order valence-electron chi connectivity index (χ1n) is 8.07. The number of anilines is 2. The average Bonchev–Trinajstić information content (AvgIpc) is 2.94. The molecular weight excluding hydrogens is 304 g/mol. The predicted molar refractivity (Wildman–Crippen MR) is 93.9 cm³/mol. The second-order valence-corrected chi connectivity index (χ2v) is 5.78. The SMILES string of the molecule is CCCN1NC(Nc2cnccc2C(=O)OC)c2cccc(C)c21. The molecule has 3 rings (SSSR count). The molecule has 1 unspecified atom stereocenters. The maximum Gasteiger partial charge on any atom is 0.340 e. The van der Waals surface area contributed by atoms with Crippen molar-refractivity contribution in [2.24, 2.45) is 0 Å². The average molecular weight is 326 g/mol. The number of hydrogen-bond acceptors (Lipinski definition) is 6. The van der Waals surface area contributed by atoms with Gasteiger partial charge in [0.2, 0.25) is 0 Å². The van der Waals surface area contributed by atoms with Crippen LogP contribution in [0.15, 0.2) is 36.7 Å². The van der Waals surface area contributed by atoms with Gasteiger partial charge in [0.1, 0.15) is 6.17 Å². The summed E-state index contributed by atoms with van der Waals surface area (Å²) < 4.78 is 4.85. The molecule has 0 saturated carbocycles. The van der Waals surface area contributed by atoms with E-state index in [1.807, 2.05) is 6.07 Å². The lowest BCUT2D eigenvalue weighted by atomic mass is 10.1. The van der Waals surface area contributed by atoms with Crippen molar-refractivity contribution >= 4 is 17.3 Å². The number of nitrogens with one attached hydrogen (secondary N) is 2. The number of aromatic nitrogens is 1. The summed E-state index contributed by atoms with van der Waals surface area (Å²) in [5.41, 5.74) is 8.16. The van der Waals surface area contributed by atoms with Crippen LogP contribution in [0.25, 0.3) is 0 Å². The zero-order valence-electron chi connectivity index (χ0n) is 14.2. The smallest absolute Gasteiger partial charge is 0.340 e. The Hall–Kier alpha value is -2.60. The van der Waals surface area contributed by atoms with Crippen LogP contribution in [-0.4, -0.2) is 24.6 Å². The van der Waals surface area contributed by atoms with E-state index >= 15 is 0 Å². The molecule has 2 N–H and O–H groups in total. The largest absolute Gasteiger partial charge is 0.465 e. The minimum atomic E-state index is -0.382. The number of esters is 1. The molecule has 6 nitrogen and oxygen atoms in total. The van der Waals surface area contributed by atoms with E-state index in [1.165, 1.54) is 18.4 Å². The lowest BCUT2D eigenvalue weighted by Crippen LogP contribution is -2.38. The Bertz CT molecular complexity index is 748. The number of rotatable bonds is 5. The molecule has 126 valence electrons. The van der Waals surface area contributed by atoms with Crippen LogP contribution in [0, 0.1) is 6.92 Å². The van der Waals surface area contributed by atoms with Crippen LogP contribution >= 0.6 is 0 Å². The summed E-state index contributed by atoms with van der Waals surface area (Å²) in [5.74, 6) is -0.382. The van der Waals surface area contributed by atoms with Gasteiger partial charge in [-0.25, -0.2) is 10.2 Å². The van der Waals surface area contributed by atoms with E-state index in [0.717, 1.165) is 18.5 Å². The second-order valence-electron chi connectivity index (χ2n) is 5.78. The minimum absolute atomic E-state index is 0.126. The van der Waals surface area contributed by atoms with Gasteiger partial charge in [0.25, 0.3) is 0 Å².